The average molecular weight is 427 g/mol. The molecule has 0 unspecified atom stereocenters. The third-order valence-electron chi connectivity index (χ3n) is 4.70. The lowest BCUT2D eigenvalue weighted by Gasteiger charge is -2.19. The van der Waals surface area contributed by atoms with Crippen LogP contribution in [0, 0.1) is 0 Å². The summed E-state index contributed by atoms with van der Waals surface area (Å²) >= 11 is 0. The van der Waals surface area contributed by atoms with Crippen LogP contribution in [0.25, 0.3) is 11.1 Å². The van der Waals surface area contributed by atoms with Crippen LogP contribution in [0.1, 0.15) is 23.0 Å². The zero-order chi connectivity index (χ0) is 21.0. The summed E-state index contributed by atoms with van der Waals surface area (Å²) in [6.45, 7) is 1.32. The van der Waals surface area contributed by atoms with Crippen molar-refractivity contribution in [3.63, 3.8) is 0 Å². The van der Waals surface area contributed by atoms with Gasteiger partial charge in [0.2, 0.25) is 10.0 Å². The molecule has 11 heteroatoms. The Kier molecular flexibility index (Phi) is 6.11. The van der Waals surface area contributed by atoms with Gasteiger partial charge in [-0.2, -0.15) is 11.1 Å². The molecule has 0 amide bonds. The molecule has 0 saturated carbocycles. The molecule has 0 bridgehead atoms. The minimum Gasteiger partial charge on any atom is -0.307 e. The Morgan fingerprint density at radius 3 is 2.43 bits per heavy atom. The van der Waals surface area contributed by atoms with Crippen molar-refractivity contribution < 1.29 is 8.42 Å². The third kappa shape index (κ3) is 4.68. The highest BCUT2D eigenvalue weighted by Crippen LogP contribution is 2.32. The lowest BCUT2D eigenvalue weighted by atomic mass is 9.97. The van der Waals surface area contributed by atoms with E-state index in [2.05, 4.69) is 37.2 Å². The first-order valence-corrected chi connectivity index (χ1v) is 10.8. The molecular weight excluding hydrogens is 404 g/mol. The van der Waals surface area contributed by atoms with Crippen LogP contribution >= 0.6 is 0 Å². The van der Waals surface area contributed by atoms with E-state index in [0.29, 0.717) is 18.7 Å². The summed E-state index contributed by atoms with van der Waals surface area (Å²) in [6, 6.07) is 14.8. The minimum atomic E-state index is -3.90. The fraction of sp³-hybridized carbons (Fsp3) is 0.158. The molecule has 2 aromatic carbocycles. The summed E-state index contributed by atoms with van der Waals surface area (Å²) in [4.78, 5) is 8.15. The van der Waals surface area contributed by atoms with Crippen LogP contribution in [0.5, 0.6) is 0 Å². The van der Waals surface area contributed by atoms with Crippen LogP contribution in [0.2, 0.25) is 0 Å². The second-order valence-corrected chi connectivity index (χ2v) is 8.27. The SMILES string of the molecule is NS(=O)(=O)c1cccc(-c2ccc(CNCc3ccncn3)cc2)c1C1NNNN1. The maximum Gasteiger partial charge on any atom is 0.238 e. The highest BCUT2D eigenvalue weighted by Gasteiger charge is 2.26. The number of primary sulfonamides is 1. The summed E-state index contributed by atoms with van der Waals surface area (Å²) < 4.78 is 24.3. The van der Waals surface area contributed by atoms with Crippen LogP contribution in [0.4, 0.5) is 0 Å². The number of hydrogen-bond donors (Lipinski definition) is 6. The lowest BCUT2D eigenvalue weighted by molar-refractivity contribution is 0.540. The average Bonchev–Trinajstić information content (AvgIpc) is 3.28. The zero-order valence-corrected chi connectivity index (χ0v) is 16.8. The number of rotatable bonds is 7. The molecule has 0 atom stereocenters. The van der Waals surface area contributed by atoms with Gasteiger partial charge in [0.15, 0.2) is 0 Å². The summed E-state index contributed by atoms with van der Waals surface area (Å²) in [7, 11) is -3.90. The Balaban J connectivity index is 1.56. The van der Waals surface area contributed by atoms with E-state index in [9.17, 15) is 8.42 Å². The van der Waals surface area contributed by atoms with Crippen molar-refractivity contribution in [3.05, 3.63) is 77.9 Å². The Labute approximate surface area is 174 Å². The van der Waals surface area contributed by atoms with E-state index in [-0.39, 0.29) is 4.90 Å². The highest BCUT2D eigenvalue weighted by atomic mass is 32.2. The topological polar surface area (TPSA) is 146 Å². The first kappa shape index (κ1) is 20.5. The molecule has 7 N–H and O–H groups in total. The van der Waals surface area contributed by atoms with Gasteiger partial charge in [0.1, 0.15) is 12.5 Å². The van der Waals surface area contributed by atoms with E-state index in [4.69, 9.17) is 5.14 Å². The van der Waals surface area contributed by atoms with Crippen LogP contribution in [-0.2, 0) is 23.1 Å². The normalized spacial score (nSPS) is 14.8. The molecule has 156 valence electrons. The molecule has 1 aliphatic heterocycles. The number of nitrogens with two attached hydrogens (primary N) is 1. The van der Waals surface area contributed by atoms with E-state index in [0.717, 1.165) is 22.4 Å². The minimum absolute atomic E-state index is 0.0612. The van der Waals surface area contributed by atoms with Crippen molar-refractivity contribution in [2.24, 2.45) is 5.14 Å². The van der Waals surface area contributed by atoms with Gasteiger partial charge in [0.25, 0.3) is 0 Å². The van der Waals surface area contributed by atoms with Crippen molar-refractivity contribution in [1.29, 1.82) is 0 Å². The van der Waals surface area contributed by atoms with Gasteiger partial charge in [-0.15, -0.1) is 0 Å². The quantitative estimate of drug-likeness (QED) is 0.312. The Hall–Kier alpha value is -2.77. The van der Waals surface area contributed by atoms with E-state index in [1.807, 2.05) is 36.4 Å². The second kappa shape index (κ2) is 8.93. The van der Waals surface area contributed by atoms with Crippen molar-refractivity contribution in [1.82, 2.24) is 37.2 Å². The summed E-state index contributed by atoms with van der Waals surface area (Å²) in [5.41, 5.74) is 15.5. The maximum atomic E-state index is 12.1. The van der Waals surface area contributed by atoms with Crippen LogP contribution < -0.4 is 32.4 Å². The molecule has 0 radical (unpaired) electrons. The van der Waals surface area contributed by atoms with E-state index in [1.165, 1.54) is 12.4 Å². The molecule has 30 heavy (non-hydrogen) atoms. The smallest absolute Gasteiger partial charge is 0.238 e. The van der Waals surface area contributed by atoms with Gasteiger partial charge < -0.3 is 5.32 Å². The molecule has 1 saturated heterocycles. The monoisotopic (exact) mass is 426 g/mol. The summed E-state index contributed by atoms with van der Waals surface area (Å²) in [5.74, 6) is 0. The number of sulfonamides is 1. The van der Waals surface area contributed by atoms with Gasteiger partial charge in [-0.05, 0) is 28.8 Å². The number of hydrogen-bond acceptors (Lipinski definition) is 9. The summed E-state index contributed by atoms with van der Waals surface area (Å²) in [6.07, 6.45) is 2.76. The number of hydrazine groups is 3. The largest absolute Gasteiger partial charge is 0.307 e. The van der Waals surface area contributed by atoms with Crippen molar-refractivity contribution in [2.45, 2.75) is 24.2 Å². The van der Waals surface area contributed by atoms with Crippen LogP contribution in [0.15, 0.2) is 66.0 Å². The van der Waals surface area contributed by atoms with E-state index in [1.54, 1.807) is 12.3 Å². The third-order valence-corrected chi connectivity index (χ3v) is 5.67. The molecule has 4 rings (SSSR count). The van der Waals surface area contributed by atoms with Gasteiger partial charge in [-0.1, -0.05) is 36.4 Å². The fourth-order valence-corrected chi connectivity index (χ4v) is 4.10. The number of nitrogens with zero attached hydrogens (tertiary/aromatic N) is 2. The fourth-order valence-electron chi connectivity index (χ4n) is 3.30. The van der Waals surface area contributed by atoms with Gasteiger partial charge in [-0.3, -0.25) is 0 Å². The number of benzene rings is 2. The molecule has 0 spiro atoms. The predicted octanol–water partition coefficient (Wildman–Crippen LogP) is 0.196. The predicted molar refractivity (Wildman–Crippen MR) is 111 cm³/mol. The van der Waals surface area contributed by atoms with Crippen molar-refractivity contribution in [3.8, 4) is 11.1 Å². The molecule has 1 aliphatic rings. The number of nitrogens with one attached hydrogen (secondary N) is 5. The molecule has 0 aliphatic carbocycles. The highest BCUT2D eigenvalue weighted by molar-refractivity contribution is 7.89. The van der Waals surface area contributed by atoms with E-state index < -0.39 is 16.2 Å². The van der Waals surface area contributed by atoms with Gasteiger partial charge in [0, 0.05) is 24.8 Å². The molecule has 10 nitrogen and oxygen atoms in total. The molecule has 1 fully saturated rings. The molecular formula is C19H22N8O2S. The lowest BCUT2D eigenvalue weighted by Crippen LogP contribution is -2.33. The van der Waals surface area contributed by atoms with Gasteiger partial charge in [-0.25, -0.2) is 34.4 Å². The second-order valence-electron chi connectivity index (χ2n) is 6.74. The van der Waals surface area contributed by atoms with Crippen LogP contribution in [0.3, 0.4) is 0 Å². The molecule has 3 aromatic rings. The number of aromatic nitrogens is 2. The van der Waals surface area contributed by atoms with Crippen molar-refractivity contribution in [2.75, 3.05) is 0 Å². The summed E-state index contributed by atoms with van der Waals surface area (Å²) in [5, 5.41) is 8.80. The molecule has 1 aromatic heterocycles. The Morgan fingerprint density at radius 2 is 1.77 bits per heavy atom. The molecule has 2 heterocycles. The Bertz CT molecular complexity index is 1100. The zero-order valence-electron chi connectivity index (χ0n) is 16.0. The van der Waals surface area contributed by atoms with Gasteiger partial charge >= 0.3 is 0 Å². The first-order chi connectivity index (χ1) is 14.5. The van der Waals surface area contributed by atoms with Crippen molar-refractivity contribution >= 4 is 10.0 Å². The maximum absolute atomic E-state index is 12.1. The van der Waals surface area contributed by atoms with E-state index >= 15 is 0 Å². The first-order valence-electron chi connectivity index (χ1n) is 9.24. The van der Waals surface area contributed by atoms with Gasteiger partial charge in [0.05, 0.1) is 10.6 Å². The Morgan fingerprint density at radius 1 is 1.00 bits per heavy atom. The standard InChI is InChI=1S/C19H22N8O2S/c20-30(28,29)17-3-1-2-16(18(17)19-24-26-27-25-19)14-6-4-13(5-7-14)10-22-11-15-8-9-21-12-23-15/h1-9,12,19,22,24-27H,10-11H2,(H2,20,28,29). The van der Waals surface area contributed by atoms with Crippen LogP contribution in [-0.4, -0.2) is 18.4 Å².